The lowest BCUT2D eigenvalue weighted by Gasteiger charge is -2.18. The number of unbranched alkanes of at least 4 members (excludes halogenated alkanes) is 23. The summed E-state index contributed by atoms with van der Waals surface area (Å²) in [4.78, 5) is 38.2. The van der Waals surface area contributed by atoms with E-state index in [0.717, 1.165) is 70.6 Å². The van der Waals surface area contributed by atoms with Crippen molar-refractivity contribution in [3.63, 3.8) is 0 Å². The van der Waals surface area contributed by atoms with Crippen molar-refractivity contribution in [1.29, 1.82) is 0 Å². The van der Waals surface area contributed by atoms with Crippen LogP contribution in [0.3, 0.4) is 0 Å². The van der Waals surface area contributed by atoms with Gasteiger partial charge in [0.05, 0.1) is 0 Å². The summed E-state index contributed by atoms with van der Waals surface area (Å²) in [5.41, 5.74) is 0. The first kappa shape index (κ1) is 67.1. The number of ether oxygens (including phenoxy) is 3. The standard InChI is InChI=1S/C65H108O6/c1-4-7-10-13-16-19-22-25-28-31-32-35-38-41-44-47-50-53-56-59-65(68)71-62(60-69-63(66)57-54-51-48-45-42-39-36-33-29-26-23-20-17-14-11-8-5-2)61-70-64(67)58-55-52-49-46-43-40-37-34-30-27-24-21-18-15-12-9-6-3/h17-18,20-21,25-30,36-37,39-40,45-46,48-49,62H,4-16,19,22-24,31-35,38,41-44,47,50-61H2,1-3H3/b20-17-,21-18-,28-25-,29-26-,30-27-,39-36-,40-37-,48-45-,49-46-. The number of allylic oxidation sites excluding steroid dienone is 18. The van der Waals surface area contributed by atoms with E-state index >= 15 is 0 Å². The van der Waals surface area contributed by atoms with E-state index in [2.05, 4.69) is 130 Å². The third-order valence-electron chi connectivity index (χ3n) is 12.2. The van der Waals surface area contributed by atoms with Crippen LogP contribution in [0.25, 0.3) is 0 Å². The monoisotopic (exact) mass is 985 g/mol. The molecule has 6 heteroatoms. The highest BCUT2D eigenvalue weighted by molar-refractivity contribution is 5.71. The molecule has 404 valence electrons. The zero-order chi connectivity index (χ0) is 51.4. The Labute approximate surface area is 438 Å². The molecule has 0 amide bonds. The van der Waals surface area contributed by atoms with Crippen LogP contribution in [0.2, 0.25) is 0 Å². The number of hydrogen-bond acceptors (Lipinski definition) is 6. The molecule has 0 aromatic carbocycles. The highest BCUT2D eigenvalue weighted by atomic mass is 16.6. The molecule has 0 rings (SSSR count). The second kappa shape index (κ2) is 58.6. The third kappa shape index (κ3) is 56.9. The Morgan fingerprint density at radius 2 is 0.521 bits per heavy atom. The smallest absolute Gasteiger partial charge is 0.306 e. The van der Waals surface area contributed by atoms with Crippen molar-refractivity contribution in [2.75, 3.05) is 13.2 Å². The third-order valence-corrected chi connectivity index (χ3v) is 12.2. The van der Waals surface area contributed by atoms with Gasteiger partial charge in [-0.05, 0) is 122 Å². The Hall–Kier alpha value is -3.93. The van der Waals surface area contributed by atoms with Gasteiger partial charge in [0.2, 0.25) is 0 Å². The van der Waals surface area contributed by atoms with Gasteiger partial charge in [0.15, 0.2) is 6.10 Å². The molecular formula is C65H108O6. The molecule has 0 saturated heterocycles. The van der Waals surface area contributed by atoms with Gasteiger partial charge >= 0.3 is 17.9 Å². The van der Waals surface area contributed by atoms with Crippen molar-refractivity contribution in [2.24, 2.45) is 0 Å². The first-order valence-electron chi connectivity index (χ1n) is 29.4. The fraction of sp³-hybridized carbons (Fsp3) is 0.677. The Balaban J connectivity index is 4.55. The molecule has 0 aliphatic heterocycles. The molecule has 0 saturated carbocycles. The van der Waals surface area contributed by atoms with E-state index in [1.165, 1.54) is 141 Å². The molecule has 0 heterocycles. The van der Waals surface area contributed by atoms with E-state index in [1.54, 1.807) is 0 Å². The summed E-state index contributed by atoms with van der Waals surface area (Å²) in [5.74, 6) is -1.03. The SMILES string of the molecule is CCCCC/C=C\C/C=C\C/C=C\C/C=C\CCCC(=O)OCC(COC(=O)CCC/C=C\C/C=C\C/C=C\C/C=C\CCCCC)OC(=O)CCCCCCCCCCC/C=C\CCCCCCCC. The first-order valence-corrected chi connectivity index (χ1v) is 29.4. The van der Waals surface area contributed by atoms with E-state index in [0.29, 0.717) is 19.3 Å². The van der Waals surface area contributed by atoms with Gasteiger partial charge in [0.25, 0.3) is 0 Å². The predicted octanol–water partition coefficient (Wildman–Crippen LogP) is 19.9. The maximum atomic E-state index is 12.9. The average molecular weight is 986 g/mol. The lowest BCUT2D eigenvalue weighted by Crippen LogP contribution is -2.30. The van der Waals surface area contributed by atoms with Gasteiger partial charge in [0.1, 0.15) is 13.2 Å². The molecule has 0 atom stereocenters. The zero-order valence-corrected chi connectivity index (χ0v) is 46.2. The van der Waals surface area contributed by atoms with Crippen molar-refractivity contribution in [3.05, 3.63) is 109 Å². The molecule has 0 aliphatic carbocycles. The van der Waals surface area contributed by atoms with Gasteiger partial charge in [-0.15, -0.1) is 0 Å². The molecule has 6 nitrogen and oxygen atoms in total. The Bertz CT molecular complexity index is 1380. The van der Waals surface area contributed by atoms with Gasteiger partial charge < -0.3 is 14.2 Å². The Kier molecular flexibility index (Phi) is 55.4. The lowest BCUT2D eigenvalue weighted by atomic mass is 10.1. The van der Waals surface area contributed by atoms with Crippen molar-refractivity contribution < 1.29 is 28.6 Å². The maximum absolute atomic E-state index is 12.9. The molecular weight excluding hydrogens is 877 g/mol. The van der Waals surface area contributed by atoms with Crippen molar-refractivity contribution in [1.82, 2.24) is 0 Å². The van der Waals surface area contributed by atoms with Gasteiger partial charge in [-0.3, -0.25) is 14.4 Å². The van der Waals surface area contributed by atoms with Crippen LogP contribution in [0, 0.1) is 0 Å². The molecule has 0 radical (unpaired) electrons. The molecule has 0 aromatic heterocycles. The van der Waals surface area contributed by atoms with Gasteiger partial charge in [-0.25, -0.2) is 0 Å². The fourth-order valence-corrected chi connectivity index (χ4v) is 7.77. The van der Waals surface area contributed by atoms with E-state index < -0.39 is 6.10 Å². The van der Waals surface area contributed by atoms with Crippen LogP contribution in [-0.4, -0.2) is 37.2 Å². The molecule has 0 bridgehead atoms. The molecule has 0 N–H and O–H groups in total. The summed E-state index contributed by atoms with van der Waals surface area (Å²) >= 11 is 0. The van der Waals surface area contributed by atoms with E-state index in [-0.39, 0.29) is 44.0 Å². The number of rotatable bonds is 52. The lowest BCUT2D eigenvalue weighted by molar-refractivity contribution is -0.167. The largest absolute Gasteiger partial charge is 0.462 e. The van der Waals surface area contributed by atoms with Gasteiger partial charge in [-0.2, -0.15) is 0 Å². The maximum Gasteiger partial charge on any atom is 0.306 e. The number of esters is 3. The second-order valence-corrected chi connectivity index (χ2v) is 19.2. The molecule has 0 spiro atoms. The van der Waals surface area contributed by atoms with Crippen LogP contribution in [0.4, 0.5) is 0 Å². The number of hydrogen-bond donors (Lipinski definition) is 0. The van der Waals surface area contributed by atoms with Crippen LogP contribution in [0.1, 0.15) is 265 Å². The van der Waals surface area contributed by atoms with Crippen molar-refractivity contribution in [3.8, 4) is 0 Å². The van der Waals surface area contributed by atoms with Crippen LogP contribution in [0.15, 0.2) is 109 Å². The van der Waals surface area contributed by atoms with E-state index in [9.17, 15) is 14.4 Å². The van der Waals surface area contributed by atoms with Gasteiger partial charge in [-0.1, -0.05) is 233 Å². The predicted molar refractivity (Wildman–Crippen MR) is 307 cm³/mol. The zero-order valence-electron chi connectivity index (χ0n) is 46.2. The minimum Gasteiger partial charge on any atom is -0.462 e. The van der Waals surface area contributed by atoms with Crippen LogP contribution in [0.5, 0.6) is 0 Å². The molecule has 0 aromatic rings. The summed E-state index contributed by atoms with van der Waals surface area (Å²) in [7, 11) is 0. The summed E-state index contributed by atoms with van der Waals surface area (Å²) in [5, 5.41) is 0. The first-order chi connectivity index (χ1) is 35.0. The Morgan fingerprint density at radius 3 is 0.873 bits per heavy atom. The van der Waals surface area contributed by atoms with Crippen LogP contribution >= 0.6 is 0 Å². The summed E-state index contributed by atoms with van der Waals surface area (Å²) < 4.78 is 16.8. The molecule has 71 heavy (non-hydrogen) atoms. The second-order valence-electron chi connectivity index (χ2n) is 19.2. The fourth-order valence-electron chi connectivity index (χ4n) is 7.77. The quantitative estimate of drug-likeness (QED) is 0.0261. The minimum atomic E-state index is -0.826. The number of carbonyl (C=O) groups excluding carboxylic acids is 3. The highest BCUT2D eigenvalue weighted by Gasteiger charge is 2.19. The molecule has 0 unspecified atom stereocenters. The van der Waals surface area contributed by atoms with Gasteiger partial charge in [0, 0.05) is 19.3 Å². The normalized spacial score (nSPS) is 12.5. The highest BCUT2D eigenvalue weighted by Crippen LogP contribution is 2.14. The topological polar surface area (TPSA) is 78.9 Å². The summed E-state index contributed by atoms with van der Waals surface area (Å²) in [6.07, 6.45) is 79.4. The number of carbonyl (C=O) groups is 3. The van der Waals surface area contributed by atoms with E-state index in [4.69, 9.17) is 14.2 Å². The van der Waals surface area contributed by atoms with Crippen molar-refractivity contribution in [2.45, 2.75) is 271 Å². The summed E-state index contributed by atoms with van der Waals surface area (Å²) in [6, 6.07) is 0. The average Bonchev–Trinajstić information content (AvgIpc) is 3.37. The minimum absolute atomic E-state index is 0.125. The molecule has 0 fully saturated rings. The Morgan fingerprint density at radius 1 is 0.282 bits per heavy atom. The summed E-state index contributed by atoms with van der Waals surface area (Å²) in [6.45, 7) is 6.49. The van der Waals surface area contributed by atoms with E-state index in [1.807, 2.05) is 0 Å². The van der Waals surface area contributed by atoms with Crippen LogP contribution in [-0.2, 0) is 28.6 Å². The molecule has 0 aliphatic rings. The van der Waals surface area contributed by atoms with Crippen molar-refractivity contribution >= 4 is 17.9 Å². The van der Waals surface area contributed by atoms with Crippen LogP contribution < -0.4 is 0 Å².